The summed E-state index contributed by atoms with van der Waals surface area (Å²) >= 11 is 0. The summed E-state index contributed by atoms with van der Waals surface area (Å²) in [5.41, 5.74) is 1.13. The third-order valence-electron chi connectivity index (χ3n) is 4.07. The fraction of sp³-hybridized carbons (Fsp3) is 0.400. The average Bonchev–Trinajstić information content (AvgIpc) is 2.90. The molecular weight excluding hydrogens is 270 g/mol. The van der Waals surface area contributed by atoms with Crippen molar-refractivity contribution in [3.8, 4) is 0 Å². The highest BCUT2D eigenvalue weighted by Crippen LogP contribution is 2.24. The van der Waals surface area contributed by atoms with E-state index in [1.165, 1.54) is 0 Å². The quantitative estimate of drug-likeness (QED) is 0.911. The number of amides is 1. The first-order chi connectivity index (χ1) is 10.1. The number of likely N-dealkylation sites (tertiary alicyclic amines) is 1. The molecule has 0 bridgehead atoms. The maximum atomic E-state index is 12.6. The Morgan fingerprint density at radius 3 is 2.86 bits per heavy atom. The van der Waals surface area contributed by atoms with E-state index in [1.54, 1.807) is 11.1 Å². The number of carboxylic acids is 1. The number of rotatable bonds is 2. The topological polar surface area (TPSA) is 74.9 Å². The van der Waals surface area contributed by atoms with Gasteiger partial charge in [0, 0.05) is 25.0 Å². The maximum absolute atomic E-state index is 12.6. The number of piperidine rings is 1. The molecule has 1 fully saturated rings. The highest BCUT2D eigenvalue weighted by atomic mass is 16.4. The molecule has 1 aliphatic rings. The Morgan fingerprint density at radius 1 is 1.38 bits per heavy atom. The van der Waals surface area contributed by atoms with Crippen LogP contribution in [0, 0.1) is 5.92 Å². The van der Waals surface area contributed by atoms with E-state index in [1.807, 2.05) is 35.7 Å². The van der Waals surface area contributed by atoms with Crippen molar-refractivity contribution in [3.63, 3.8) is 0 Å². The van der Waals surface area contributed by atoms with Gasteiger partial charge >= 0.3 is 5.97 Å². The lowest BCUT2D eigenvalue weighted by Crippen LogP contribution is -2.46. The molecule has 21 heavy (non-hydrogen) atoms. The largest absolute Gasteiger partial charge is 0.481 e. The maximum Gasteiger partial charge on any atom is 0.306 e. The minimum Gasteiger partial charge on any atom is -0.481 e. The van der Waals surface area contributed by atoms with Crippen LogP contribution in [0.25, 0.3) is 5.65 Å². The Balaban J connectivity index is 1.80. The Hall–Kier alpha value is -2.37. The summed E-state index contributed by atoms with van der Waals surface area (Å²) in [6, 6.07) is 5.51. The molecule has 6 nitrogen and oxygen atoms in total. The van der Waals surface area contributed by atoms with E-state index in [2.05, 4.69) is 4.98 Å². The summed E-state index contributed by atoms with van der Waals surface area (Å²) in [6.07, 6.45) is 4.56. The van der Waals surface area contributed by atoms with Crippen LogP contribution in [0.2, 0.25) is 0 Å². The summed E-state index contributed by atoms with van der Waals surface area (Å²) < 4.78 is 1.81. The summed E-state index contributed by atoms with van der Waals surface area (Å²) in [5, 5.41) is 9.07. The van der Waals surface area contributed by atoms with Gasteiger partial charge in [0.1, 0.15) is 11.3 Å². The number of hydrogen-bond donors (Lipinski definition) is 1. The monoisotopic (exact) mass is 287 g/mol. The van der Waals surface area contributed by atoms with Gasteiger partial charge in [0.05, 0.1) is 5.92 Å². The van der Waals surface area contributed by atoms with Crippen LogP contribution in [-0.2, 0) is 4.79 Å². The predicted octanol–water partition coefficient (Wildman–Crippen LogP) is 1.66. The molecule has 0 aromatic carbocycles. The SMILES string of the molecule is CC1CC(C(=O)O)CCN1C(=O)c1cn2ccccc2n1. The van der Waals surface area contributed by atoms with Gasteiger partial charge in [-0.3, -0.25) is 9.59 Å². The van der Waals surface area contributed by atoms with Crippen LogP contribution < -0.4 is 0 Å². The zero-order valence-electron chi connectivity index (χ0n) is 11.8. The van der Waals surface area contributed by atoms with Crippen molar-refractivity contribution in [2.75, 3.05) is 6.54 Å². The Labute approximate surface area is 122 Å². The smallest absolute Gasteiger partial charge is 0.306 e. The molecule has 2 atom stereocenters. The second kappa shape index (κ2) is 5.20. The van der Waals surface area contributed by atoms with Crippen LogP contribution in [0.4, 0.5) is 0 Å². The number of carbonyl (C=O) groups excluding carboxylic acids is 1. The molecule has 3 rings (SSSR count). The van der Waals surface area contributed by atoms with E-state index >= 15 is 0 Å². The van der Waals surface area contributed by atoms with E-state index in [-0.39, 0.29) is 17.9 Å². The number of hydrogen-bond acceptors (Lipinski definition) is 3. The third-order valence-corrected chi connectivity index (χ3v) is 4.07. The van der Waals surface area contributed by atoms with E-state index in [0.717, 1.165) is 5.65 Å². The molecular formula is C15H17N3O3. The Bertz CT molecular complexity index is 661. The zero-order valence-corrected chi connectivity index (χ0v) is 11.8. The number of carboxylic acid groups (broad SMARTS) is 1. The number of imidazole rings is 1. The number of aliphatic carboxylic acids is 1. The predicted molar refractivity (Wildman–Crippen MR) is 76.1 cm³/mol. The van der Waals surface area contributed by atoms with Crippen LogP contribution in [-0.4, -0.2) is 43.9 Å². The van der Waals surface area contributed by atoms with Crippen molar-refractivity contribution in [3.05, 3.63) is 36.3 Å². The fourth-order valence-corrected chi connectivity index (χ4v) is 2.88. The lowest BCUT2D eigenvalue weighted by Gasteiger charge is -2.35. The van der Waals surface area contributed by atoms with Crippen LogP contribution in [0.3, 0.4) is 0 Å². The average molecular weight is 287 g/mol. The van der Waals surface area contributed by atoms with Crippen molar-refractivity contribution in [1.29, 1.82) is 0 Å². The van der Waals surface area contributed by atoms with E-state index in [4.69, 9.17) is 5.11 Å². The highest BCUT2D eigenvalue weighted by molar-refractivity contribution is 5.93. The first-order valence-corrected chi connectivity index (χ1v) is 7.04. The number of fused-ring (bicyclic) bond motifs is 1. The van der Waals surface area contributed by atoms with Gasteiger partial charge in [0.25, 0.3) is 5.91 Å². The molecule has 110 valence electrons. The fourth-order valence-electron chi connectivity index (χ4n) is 2.88. The third kappa shape index (κ3) is 2.49. The summed E-state index contributed by atoms with van der Waals surface area (Å²) in [5.74, 6) is -1.26. The lowest BCUT2D eigenvalue weighted by atomic mass is 9.91. The minimum absolute atomic E-state index is 0.0860. The van der Waals surface area contributed by atoms with Crippen LogP contribution in [0.1, 0.15) is 30.3 Å². The van der Waals surface area contributed by atoms with Gasteiger partial charge in [-0.15, -0.1) is 0 Å². The molecule has 1 saturated heterocycles. The Morgan fingerprint density at radius 2 is 2.19 bits per heavy atom. The van der Waals surface area contributed by atoms with Crippen LogP contribution >= 0.6 is 0 Å². The molecule has 2 aromatic heterocycles. The van der Waals surface area contributed by atoms with Crippen molar-refractivity contribution in [2.24, 2.45) is 5.92 Å². The molecule has 0 saturated carbocycles. The standard InChI is InChI=1S/C15H17N3O3/c1-10-8-11(15(20)21)5-7-18(10)14(19)12-9-17-6-3-2-4-13(17)16-12/h2-4,6,9-11H,5,7-8H2,1H3,(H,20,21). The number of carbonyl (C=O) groups is 2. The van der Waals surface area contributed by atoms with Crippen molar-refractivity contribution in [1.82, 2.24) is 14.3 Å². The van der Waals surface area contributed by atoms with Gasteiger partial charge in [-0.05, 0) is 31.9 Å². The van der Waals surface area contributed by atoms with Gasteiger partial charge in [-0.1, -0.05) is 6.07 Å². The first-order valence-electron chi connectivity index (χ1n) is 7.04. The molecule has 0 spiro atoms. The summed E-state index contributed by atoms with van der Waals surface area (Å²) in [6.45, 7) is 2.35. The second-order valence-corrected chi connectivity index (χ2v) is 5.50. The first kappa shape index (κ1) is 13.6. The molecule has 2 aromatic rings. The van der Waals surface area contributed by atoms with Crippen LogP contribution in [0.5, 0.6) is 0 Å². The van der Waals surface area contributed by atoms with Gasteiger partial charge in [0.2, 0.25) is 0 Å². The highest BCUT2D eigenvalue weighted by Gasteiger charge is 2.33. The Kier molecular flexibility index (Phi) is 3.37. The molecule has 1 N–H and O–H groups in total. The van der Waals surface area contributed by atoms with Crippen molar-refractivity contribution < 1.29 is 14.7 Å². The number of nitrogens with zero attached hydrogens (tertiary/aromatic N) is 3. The molecule has 6 heteroatoms. The molecule has 1 amide bonds. The van der Waals surface area contributed by atoms with E-state index in [9.17, 15) is 9.59 Å². The summed E-state index contributed by atoms with van der Waals surface area (Å²) in [4.78, 5) is 29.7. The molecule has 2 unspecified atom stereocenters. The van der Waals surface area contributed by atoms with Gasteiger partial charge < -0.3 is 14.4 Å². The van der Waals surface area contributed by atoms with Gasteiger partial charge in [0.15, 0.2) is 0 Å². The van der Waals surface area contributed by atoms with Gasteiger partial charge in [-0.25, -0.2) is 4.98 Å². The molecule has 1 aliphatic heterocycles. The number of pyridine rings is 1. The van der Waals surface area contributed by atoms with Gasteiger partial charge in [-0.2, -0.15) is 0 Å². The minimum atomic E-state index is -0.776. The zero-order chi connectivity index (χ0) is 15.0. The normalized spacial score (nSPS) is 22.4. The van der Waals surface area contributed by atoms with Crippen molar-refractivity contribution >= 4 is 17.5 Å². The second-order valence-electron chi connectivity index (χ2n) is 5.50. The molecule has 0 aliphatic carbocycles. The number of aromatic nitrogens is 2. The van der Waals surface area contributed by atoms with Crippen LogP contribution in [0.15, 0.2) is 30.6 Å². The molecule has 3 heterocycles. The van der Waals surface area contributed by atoms with Crippen molar-refractivity contribution in [2.45, 2.75) is 25.8 Å². The van der Waals surface area contributed by atoms with E-state index < -0.39 is 5.97 Å². The summed E-state index contributed by atoms with van der Waals surface area (Å²) in [7, 11) is 0. The lowest BCUT2D eigenvalue weighted by molar-refractivity contribution is -0.143. The van der Waals surface area contributed by atoms with E-state index in [0.29, 0.717) is 25.1 Å². The molecule has 0 radical (unpaired) electrons.